The highest BCUT2D eigenvalue weighted by Crippen LogP contribution is 2.44. The third-order valence-corrected chi connectivity index (χ3v) is 4.24. The van der Waals surface area contributed by atoms with E-state index in [-0.39, 0.29) is 11.6 Å². The second-order valence-electron chi connectivity index (χ2n) is 5.21. The summed E-state index contributed by atoms with van der Waals surface area (Å²) in [5.74, 6) is 0.941. The molecule has 1 N–H and O–H groups in total. The van der Waals surface area contributed by atoms with Crippen LogP contribution in [0.15, 0.2) is 24.3 Å². The van der Waals surface area contributed by atoms with Crippen molar-refractivity contribution in [1.29, 1.82) is 0 Å². The summed E-state index contributed by atoms with van der Waals surface area (Å²) < 4.78 is 11.5. The predicted molar refractivity (Wildman–Crippen MR) is 77.6 cm³/mol. The van der Waals surface area contributed by atoms with Gasteiger partial charge in [0, 0.05) is 12.7 Å². The molecule has 1 fully saturated rings. The number of benzene rings is 1. The van der Waals surface area contributed by atoms with Crippen molar-refractivity contribution in [1.82, 2.24) is 5.32 Å². The molecule has 0 radical (unpaired) electrons. The number of hydrogen-bond donors (Lipinski definition) is 1. The molecule has 1 atom stereocenters. The van der Waals surface area contributed by atoms with Gasteiger partial charge in [-0.15, -0.1) is 0 Å². The zero-order valence-electron chi connectivity index (χ0n) is 12.2. The molecule has 0 aromatic heterocycles. The molecule has 1 unspecified atom stereocenters. The van der Waals surface area contributed by atoms with E-state index >= 15 is 0 Å². The summed E-state index contributed by atoms with van der Waals surface area (Å²) in [6.45, 7) is 3.06. The smallest absolute Gasteiger partial charge is 0.123 e. The van der Waals surface area contributed by atoms with Gasteiger partial charge in [-0.05, 0) is 25.5 Å². The van der Waals surface area contributed by atoms with Crippen molar-refractivity contribution in [3.05, 3.63) is 29.8 Å². The second kappa shape index (κ2) is 6.40. The fraction of sp³-hybridized carbons (Fsp3) is 0.625. The average Bonchev–Trinajstić information content (AvgIpc) is 2.94. The first kappa shape index (κ1) is 14.4. The highest BCUT2D eigenvalue weighted by molar-refractivity contribution is 5.38. The van der Waals surface area contributed by atoms with Gasteiger partial charge in [0.05, 0.1) is 18.8 Å². The lowest BCUT2D eigenvalue weighted by Crippen LogP contribution is -2.43. The fourth-order valence-electron chi connectivity index (χ4n) is 3.27. The van der Waals surface area contributed by atoms with E-state index in [1.54, 1.807) is 7.11 Å². The van der Waals surface area contributed by atoms with Crippen molar-refractivity contribution in [2.75, 3.05) is 20.8 Å². The first-order chi connectivity index (χ1) is 9.27. The van der Waals surface area contributed by atoms with Gasteiger partial charge in [0.25, 0.3) is 0 Å². The molecule has 106 valence electrons. The highest BCUT2D eigenvalue weighted by atomic mass is 16.5. The van der Waals surface area contributed by atoms with Crippen LogP contribution in [0.2, 0.25) is 0 Å². The summed E-state index contributed by atoms with van der Waals surface area (Å²) in [6.07, 6.45) is 4.70. The Bertz CT molecular complexity index is 399. The molecule has 0 bridgehead atoms. The molecular weight excluding hydrogens is 238 g/mol. The topological polar surface area (TPSA) is 30.5 Å². The van der Waals surface area contributed by atoms with Gasteiger partial charge in [-0.25, -0.2) is 0 Å². The van der Waals surface area contributed by atoms with Crippen LogP contribution in [0, 0.1) is 0 Å². The molecule has 0 amide bonds. The van der Waals surface area contributed by atoms with E-state index in [1.807, 2.05) is 19.2 Å². The Morgan fingerprint density at radius 2 is 1.89 bits per heavy atom. The molecule has 0 heterocycles. The summed E-state index contributed by atoms with van der Waals surface area (Å²) in [5.41, 5.74) is 1.11. The summed E-state index contributed by atoms with van der Waals surface area (Å²) in [6, 6.07) is 8.45. The van der Waals surface area contributed by atoms with Gasteiger partial charge in [0.15, 0.2) is 0 Å². The third-order valence-electron chi connectivity index (χ3n) is 4.24. The number of rotatable bonds is 6. The average molecular weight is 263 g/mol. The van der Waals surface area contributed by atoms with Gasteiger partial charge in [0.1, 0.15) is 5.75 Å². The van der Waals surface area contributed by atoms with Crippen LogP contribution < -0.4 is 10.1 Å². The van der Waals surface area contributed by atoms with E-state index < -0.39 is 0 Å². The number of nitrogens with one attached hydrogen (secondary N) is 1. The minimum absolute atomic E-state index is 0.0926. The molecule has 1 aliphatic carbocycles. The van der Waals surface area contributed by atoms with Gasteiger partial charge in [-0.3, -0.25) is 0 Å². The van der Waals surface area contributed by atoms with Crippen LogP contribution in [0.3, 0.4) is 0 Å². The Labute approximate surface area is 116 Å². The standard InChI is InChI=1S/C16H25NO2/c1-4-17-15(16(19-3)11-7-8-12-16)13-9-5-6-10-14(13)18-2/h5-6,9-10,15,17H,4,7-8,11-12H2,1-3H3. The zero-order chi connectivity index (χ0) is 13.7. The van der Waals surface area contributed by atoms with Gasteiger partial charge in [-0.1, -0.05) is 38.0 Å². The van der Waals surface area contributed by atoms with Crippen molar-refractivity contribution in [3.63, 3.8) is 0 Å². The molecular formula is C16H25NO2. The van der Waals surface area contributed by atoms with E-state index in [9.17, 15) is 0 Å². The normalized spacial score (nSPS) is 19.3. The number of methoxy groups -OCH3 is 2. The molecule has 0 aliphatic heterocycles. The van der Waals surface area contributed by atoms with Crippen molar-refractivity contribution in [3.8, 4) is 5.75 Å². The monoisotopic (exact) mass is 263 g/mol. The molecule has 0 saturated heterocycles. The Hall–Kier alpha value is -1.06. The minimum atomic E-state index is -0.0926. The van der Waals surface area contributed by atoms with Crippen molar-refractivity contribution < 1.29 is 9.47 Å². The fourth-order valence-corrected chi connectivity index (χ4v) is 3.27. The molecule has 19 heavy (non-hydrogen) atoms. The Morgan fingerprint density at radius 1 is 1.21 bits per heavy atom. The predicted octanol–water partition coefficient (Wildman–Crippen LogP) is 3.31. The molecule has 1 aromatic rings. The highest BCUT2D eigenvalue weighted by Gasteiger charge is 2.42. The van der Waals surface area contributed by atoms with Crippen LogP contribution in [-0.4, -0.2) is 26.4 Å². The lowest BCUT2D eigenvalue weighted by atomic mass is 9.86. The van der Waals surface area contributed by atoms with E-state index in [2.05, 4.69) is 24.4 Å². The lowest BCUT2D eigenvalue weighted by Gasteiger charge is -2.37. The maximum absolute atomic E-state index is 5.95. The first-order valence-corrected chi connectivity index (χ1v) is 7.19. The summed E-state index contributed by atoms with van der Waals surface area (Å²) in [4.78, 5) is 0. The summed E-state index contributed by atoms with van der Waals surface area (Å²) >= 11 is 0. The molecule has 3 nitrogen and oxygen atoms in total. The number of para-hydroxylation sites is 1. The van der Waals surface area contributed by atoms with Crippen LogP contribution in [0.1, 0.15) is 44.2 Å². The Morgan fingerprint density at radius 3 is 2.47 bits per heavy atom. The molecule has 3 heteroatoms. The second-order valence-corrected chi connectivity index (χ2v) is 5.21. The Kier molecular flexibility index (Phi) is 4.83. The maximum Gasteiger partial charge on any atom is 0.123 e. The number of ether oxygens (including phenoxy) is 2. The van der Waals surface area contributed by atoms with Crippen LogP contribution in [0.4, 0.5) is 0 Å². The van der Waals surface area contributed by atoms with Crippen LogP contribution in [0.5, 0.6) is 5.75 Å². The number of hydrogen-bond acceptors (Lipinski definition) is 3. The molecule has 0 spiro atoms. The molecule has 1 aromatic carbocycles. The lowest BCUT2D eigenvalue weighted by molar-refractivity contribution is -0.0369. The minimum Gasteiger partial charge on any atom is -0.496 e. The molecule has 1 saturated carbocycles. The molecule has 1 aliphatic rings. The third kappa shape index (κ3) is 2.77. The van der Waals surface area contributed by atoms with Crippen LogP contribution in [0.25, 0.3) is 0 Å². The van der Waals surface area contributed by atoms with Crippen LogP contribution in [-0.2, 0) is 4.74 Å². The zero-order valence-corrected chi connectivity index (χ0v) is 12.2. The van der Waals surface area contributed by atoms with Gasteiger partial charge in [-0.2, -0.15) is 0 Å². The van der Waals surface area contributed by atoms with Crippen LogP contribution >= 0.6 is 0 Å². The summed E-state index contributed by atoms with van der Waals surface area (Å²) in [7, 11) is 3.57. The molecule has 2 rings (SSSR count). The Balaban J connectivity index is 2.38. The van der Waals surface area contributed by atoms with E-state index in [1.165, 1.54) is 18.4 Å². The number of likely N-dealkylation sites (N-methyl/N-ethyl adjacent to an activating group) is 1. The van der Waals surface area contributed by atoms with Crippen molar-refractivity contribution >= 4 is 0 Å². The summed E-state index contributed by atoms with van der Waals surface area (Å²) in [5, 5.41) is 3.60. The van der Waals surface area contributed by atoms with Gasteiger partial charge in [0.2, 0.25) is 0 Å². The SMILES string of the molecule is CCNC(c1ccccc1OC)C1(OC)CCCC1. The van der Waals surface area contributed by atoms with E-state index in [4.69, 9.17) is 9.47 Å². The largest absolute Gasteiger partial charge is 0.496 e. The van der Waals surface area contributed by atoms with Gasteiger partial charge >= 0.3 is 0 Å². The van der Waals surface area contributed by atoms with Crippen molar-refractivity contribution in [2.24, 2.45) is 0 Å². The van der Waals surface area contributed by atoms with Gasteiger partial charge < -0.3 is 14.8 Å². The quantitative estimate of drug-likeness (QED) is 0.854. The first-order valence-electron chi connectivity index (χ1n) is 7.19. The van der Waals surface area contributed by atoms with E-state index in [0.717, 1.165) is 25.1 Å². The van der Waals surface area contributed by atoms with E-state index in [0.29, 0.717) is 0 Å². The maximum atomic E-state index is 5.95. The van der Waals surface area contributed by atoms with Crippen molar-refractivity contribution in [2.45, 2.75) is 44.2 Å².